The minimum atomic E-state index is -3.78. The van der Waals surface area contributed by atoms with Crippen molar-refractivity contribution in [1.29, 1.82) is 0 Å². The molecular weight excluding hydrogens is 449 g/mol. The Morgan fingerprint density at radius 2 is 1.90 bits per heavy atom. The number of aromatic nitrogens is 2. The number of pyridine rings is 1. The molecule has 0 aliphatic rings. The molecule has 3 aromatic rings. The maximum atomic E-state index is 14.0. The number of carboxylic acid groups (broad SMARTS) is 2. The molecule has 3 aromatic heterocycles. The normalized spacial score (nSPS) is 11.2. The van der Waals surface area contributed by atoms with Gasteiger partial charge in [0.25, 0.3) is 10.0 Å². The molecule has 164 valence electrons. The first-order valence-corrected chi connectivity index (χ1v) is 10.9. The Balaban J connectivity index is 0.000000366. The number of nitrogens with zero attached hydrogens (tertiary/aromatic N) is 2. The highest BCUT2D eigenvalue weighted by molar-refractivity contribution is 7.92. The van der Waals surface area contributed by atoms with Crippen LogP contribution in [0.25, 0.3) is 11.3 Å². The second-order valence-corrected chi connectivity index (χ2v) is 8.84. The summed E-state index contributed by atoms with van der Waals surface area (Å²) < 4.78 is 41.0. The molecule has 0 aromatic carbocycles. The Morgan fingerprint density at radius 3 is 2.42 bits per heavy atom. The number of hydrogen-bond donors (Lipinski definition) is 3. The van der Waals surface area contributed by atoms with Gasteiger partial charge in [0.2, 0.25) is 5.95 Å². The van der Waals surface area contributed by atoms with Crippen molar-refractivity contribution in [3.05, 3.63) is 71.8 Å². The monoisotopic (exact) mass is 467 g/mol. The van der Waals surface area contributed by atoms with E-state index in [1.54, 1.807) is 30.6 Å². The Bertz CT molecular complexity index is 1170. The maximum Gasteiger partial charge on any atom is 0.328 e. The van der Waals surface area contributed by atoms with E-state index in [2.05, 4.69) is 10.3 Å². The summed E-state index contributed by atoms with van der Waals surface area (Å²) in [4.78, 5) is 22.7. The number of nitrogens with one attached hydrogen (secondary N) is 1. The number of carboxylic acids is 2. The third-order valence-electron chi connectivity index (χ3n) is 3.64. The summed E-state index contributed by atoms with van der Waals surface area (Å²) in [5.74, 6) is -3.22. The van der Waals surface area contributed by atoms with Crippen molar-refractivity contribution in [3.63, 3.8) is 0 Å². The van der Waals surface area contributed by atoms with Gasteiger partial charge >= 0.3 is 11.9 Å². The third kappa shape index (κ3) is 6.31. The molecule has 31 heavy (non-hydrogen) atoms. The maximum absolute atomic E-state index is 14.0. The number of aliphatic carboxylic acids is 2. The molecule has 0 aliphatic heterocycles. The summed E-state index contributed by atoms with van der Waals surface area (Å²) in [5.41, 5.74) is 1.15. The standard InChI is InChI=1S/C15H14FN3O2S2.C4H4O4/c1-17-9-11-8-13(12-4-2-6-18-15(12)16)19(10-11)23(20,21)14-5-3-7-22-14;5-3(6)1-2-4(7)8/h2-8,10,17H,9H2,1H3;1-2H,(H,5,6)(H,7,8). The van der Waals surface area contributed by atoms with Gasteiger partial charge in [0.05, 0.1) is 11.3 Å². The molecule has 0 radical (unpaired) electrons. The highest BCUT2D eigenvalue weighted by atomic mass is 32.2. The van der Waals surface area contributed by atoms with Gasteiger partial charge in [0.15, 0.2) is 0 Å². The van der Waals surface area contributed by atoms with Gasteiger partial charge in [-0.1, -0.05) is 6.07 Å². The van der Waals surface area contributed by atoms with Crippen LogP contribution in [-0.2, 0) is 26.2 Å². The van der Waals surface area contributed by atoms with Gasteiger partial charge in [-0.2, -0.15) is 12.8 Å². The van der Waals surface area contributed by atoms with Gasteiger partial charge in [-0.3, -0.25) is 0 Å². The van der Waals surface area contributed by atoms with Crippen molar-refractivity contribution < 1.29 is 32.6 Å². The minimum absolute atomic E-state index is 0.148. The van der Waals surface area contributed by atoms with Gasteiger partial charge in [0.1, 0.15) is 4.21 Å². The van der Waals surface area contributed by atoms with Crippen molar-refractivity contribution in [2.24, 2.45) is 0 Å². The summed E-state index contributed by atoms with van der Waals surface area (Å²) in [7, 11) is -2.02. The minimum Gasteiger partial charge on any atom is -0.478 e. The molecule has 3 rings (SSSR count). The molecule has 0 saturated heterocycles. The zero-order valence-corrected chi connectivity index (χ0v) is 17.7. The highest BCUT2D eigenvalue weighted by Crippen LogP contribution is 2.29. The Labute approximate surface area is 181 Å². The highest BCUT2D eigenvalue weighted by Gasteiger charge is 2.24. The van der Waals surface area contributed by atoms with Gasteiger partial charge in [0, 0.05) is 31.1 Å². The van der Waals surface area contributed by atoms with Crippen molar-refractivity contribution in [2.75, 3.05) is 7.05 Å². The van der Waals surface area contributed by atoms with Crippen LogP contribution in [0.5, 0.6) is 0 Å². The van der Waals surface area contributed by atoms with Crippen LogP contribution in [0.2, 0.25) is 0 Å². The first kappa shape index (κ1) is 23.9. The quantitative estimate of drug-likeness (QED) is 0.356. The first-order valence-electron chi connectivity index (χ1n) is 8.56. The molecule has 0 unspecified atom stereocenters. The van der Waals surface area contributed by atoms with E-state index in [4.69, 9.17) is 10.2 Å². The van der Waals surface area contributed by atoms with Crippen LogP contribution in [0.1, 0.15) is 5.56 Å². The van der Waals surface area contributed by atoms with Crippen LogP contribution in [0.3, 0.4) is 0 Å². The number of thiophene rings is 1. The number of carbonyl (C=O) groups is 2. The van der Waals surface area contributed by atoms with Gasteiger partial charge in [-0.15, -0.1) is 11.3 Å². The van der Waals surface area contributed by atoms with Crippen LogP contribution in [0.4, 0.5) is 4.39 Å². The lowest BCUT2D eigenvalue weighted by Crippen LogP contribution is -2.12. The Hall–Kier alpha value is -3.35. The zero-order valence-electron chi connectivity index (χ0n) is 16.1. The first-order chi connectivity index (χ1) is 14.7. The lowest BCUT2D eigenvalue weighted by molar-refractivity contribution is -0.134. The molecule has 9 nitrogen and oxygen atoms in total. The Morgan fingerprint density at radius 1 is 1.23 bits per heavy atom. The van der Waals surface area contributed by atoms with Crippen molar-refractivity contribution in [2.45, 2.75) is 10.8 Å². The number of hydrogen-bond acceptors (Lipinski definition) is 7. The van der Waals surface area contributed by atoms with E-state index in [1.807, 2.05) is 0 Å². The summed E-state index contributed by atoms with van der Waals surface area (Å²) in [6.07, 6.45) is 3.95. The fraction of sp³-hybridized carbons (Fsp3) is 0.105. The molecule has 3 N–H and O–H groups in total. The van der Waals surface area contributed by atoms with Crippen LogP contribution in [-0.4, -0.2) is 46.6 Å². The van der Waals surface area contributed by atoms with E-state index >= 15 is 0 Å². The third-order valence-corrected chi connectivity index (χ3v) is 6.68. The molecule has 0 fully saturated rings. The molecule has 0 saturated carbocycles. The summed E-state index contributed by atoms with van der Waals surface area (Å²) in [6, 6.07) is 7.94. The van der Waals surface area contributed by atoms with Crippen molar-refractivity contribution in [3.8, 4) is 11.3 Å². The lowest BCUT2D eigenvalue weighted by Gasteiger charge is -2.09. The second kappa shape index (κ2) is 10.6. The molecule has 0 spiro atoms. The molecule has 0 atom stereocenters. The van der Waals surface area contributed by atoms with E-state index in [0.29, 0.717) is 18.7 Å². The SMILES string of the molecule is CNCc1cc(-c2cccnc2F)n(S(=O)(=O)c2cccs2)c1.O=C(O)C=CC(=O)O. The van der Waals surface area contributed by atoms with Crippen molar-refractivity contribution >= 4 is 33.3 Å². The molecule has 0 amide bonds. The summed E-state index contributed by atoms with van der Waals surface area (Å²) in [5, 5.41) is 20.3. The fourth-order valence-corrected chi connectivity index (χ4v) is 4.89. The predicted octanol–water partition coefficient (Wildman–Crippen LogP) is 2.42. The molecule has 0 aliphatic carbocycles. The van der Waals surface area contributed by atoms with Gasteiger partial charge < -0.3 is 15.5 Å². The van der Waals surface area contributed by atoms with Gasteiger partial charge in [-0.05, 0) is 42.3 Å². The molecule has 12 heteroatoms. The van der Waals surface area contributed by atoms with Crippen LogP contribution >= 0.6 is 11.3 Å². The van der Waals surface area contributed by atoms with E-state index in [9.17, 15) is 22.4 Å². The lowest BCUT2D eigenvalue weighted by atomic mass is 10.2. The second-order valence-electron chi connectivity index (χ2n) is 5.85. The fourth-order valence-electron chi connectivity index (χ4n) is 2.42. The van der Waals surface area contributed by atoms with E-state index in [1.165, 1.54) is 24.5 Å². The number of halogens is 1. The van der Waals surface area contributed by atoms with Crippen LogP contribution < -0.4 is 5.32 Å². The summed E-state index contributed by atoms with van der Waals surface area (Å²) >= 11 is 1.12. The Kier molecular flexibility index (Phi) is 8.19. The van der Waals surface area contributed by atoms with E-state index in [0.717, 1.165) is 20.9 Å². The molecule has 0 bridgehead atoms. The van der Waals surface area contributed by atoms with E-state index < -0.39 is 27.9 Å². The van der Waals surface area contributed by atoms with Crippen LogP contribution in [0.15, 0.2) is 64.5 Å². The zero-order chi connectivity index (χ0) is 23.0. The number of rotatable bonds is 7. The van der Waals surface area contributed by atoms with Gasteiger partial charge in [-0.25, -0.2) is 18.5 Å². The molecule has 3 heterocycles. The summed E-state index contributed by atoms with van der Waals surface area (Å²) in [6.45, 7) is 0.474. The average Bonchev–Trinajstić information content (AvgIpc) is 3.38. The van der Waals surface area contributed by atoms with Crippen molar-refractivity contribution in [1.82, 2.24) is 14.3 Å². The topological polar surface area (TPSA) is 139 Å². The largest absolute Gasteiger partial charge is 0.478 e. The smallest absolute Gasteiger partial charge is 0.328 e. The van der Waals surface area contributed by atoms with Crippen LogP contribution in [0, 0.1) is 5.95 Å². The van der Waals surface area contributed by atoms with E-state index in [-0.39, 0.29) is 15.5 Å². The molecular formula is C19H18FN3O6S2. The predicted molar refractivity (Wildman–Crippen MR) is 112 cm³/mol. The average molecular weight is 468 g/mol.